The Labute approximate surface area is 182 Å². The van der Waals surface area contributed by atoms with Crippen molar-refractivity contribution in [2.75, 3.05) is 17.7 Å². The van der Waals surface area contributed by atoms with E-state index >= 15 is 0 Å². The first-order valence-corrected chi connectivity index (χ1v) is 9.58. The minimum atomic E-state index is -4.62. The van der Waals surface area contributed by atoms with Gasteiger partial charge in [-0.15, -0.1) is 0 Å². The fourth-order valence-electron chi connectivity index (χ4n) is 2.32. The zero-order valence-electron chi connectivity index (χ0n) is 16.2. The third kappa shape index (κ3) is 5.79. The van der Waals surface area contributed by atoms with E-state index in [0.717, 1.165) is 35.7 Å². The number of carbonyl (C=O) groups is 2. The van der Waals surface area contributed by atoms with Crippen molar-refractivity contribution in [1.29, 1.82) is 0 Å². The molecule has 0 atom stereocenters. The molecule has 3 rings (SSSR count). The van der Waals surface area contributed by atoms with Crippen molar-refractivity contribution >= 4 is 34.2 Å². The van der Waals surface area contributed by atoms with Gasteiger partial charge >= 0.3 is 12.2 Å². The van der Waals surface area contributed by atoms with E-state index in [9.17, 15) is 27.2 Å². The average Bonchev–Trinajstić information content (AvgIpc) is 3.19. The molecule has 32 heavy (non-hydrogen) atoms. The zero-order valence-corrected chi connectivity index (χ0v) is 17.0. The largest absolute Gasteiger partial charge is 0.416 e. The molecule has 7 nitrogen and oxygen atoms in total. The number of thiazole rings is 1. The van der Waals surface area contributed by atoms with Crippen molar-refractivity contribution in [2.45, 2.75) is 6.18 Å². The molecule has 12 heteroatoms. The summed E-state index contributed by atoms with van der Waals surface area (Å²) in [5.74, 6) is 3.28. The Morgan fingerprint density at radius 3 is 2.56 bits per heavy atom. The summed E-state index contributed by atoms with van der Waals surface area (Å²) in [6.45, 7) is 0. The van der Waals surface area contributed by atoms with Crippen LogP contribution in [0.5, 0.6) is 0 Å². The maximum atomic E-state index is 14.1. The van der Waals surface area contributed by atoms with Crippen LogP contribution < -0.4 is 16.0 Å². The van der Waals surface area contributed by atoms with Gasteiger partial charge in [-0.3, -0.25) is 10.1 Å². The minimum absolute atomic E-state index is 0.280. The topological polar surface area (TPSA) is 96.0 Å². The molecule has 0 aliphatic heterocycles. The van der Waals surface area contributed by atoms with E-state index in [1.807, 2.05) is 0 Å². The first kappa shape index (κ1) is 22.7. The van der Waals surface area contributed by atoms with Crippen LogP contribution in [0.2, 0.25) is 0 Å². The number of urea groups is 1. The van der Waals surface area contributed by atoms with Gasteiger partial charge in [-0.2, -0.15) is 13.2 Å². The van der Waals surface area contributed by atoms with E-state index < -0.39 is 35.1 Å². The highest BCUT2D eigenvalue weighted by Crippen LogP contribution is 2.30. The van der Waals surface area contributed by atoms with Gasteiger partial charge in [0.1, 0.15) is 11.6 Å². The van der Waals surface area contributed by atoms with Gasteiger partial charge in [-0.25, -0.2) is 19.2 Å². The molecule has 0 unspecified atom stereocenters. The Bertz CT molecular complexity index is 1230. The third-order valence-corrected chi connectivity index (χ3v) is 4.65. The summed E-state index contributed by atoms with van der Waals surface area (Å²) in [5.41, 5.74) is -1.14. The normalized spacial score (nSPS) is 10.7. The molecule has 1 aromatic carbocycles. The monoisotopic (exact) mass is 463 g/mol. The number of hydrogen-bond acceptors (Lipinski definition) is 5. The summed E-state index contributed by atoms with van der Waals surface area (Å²) in [6.07, 6.45) is -2.30. The summed E-state index contributed by atoms with van der Waals surface area (Å²) >= 11 is 1.10. The van der Waals surface area contributed by atoms with Gasteiger partial charge < -0.3 is 10.6 Å². The van der Waals surface area contributed by atoms with Crippen molar-refractivity contribution in [3.05, 3.63) is 70.1 Å². The van der Waals surface area contributed by atoms with Crippen molar-refractivity contribution < 1.29 is 27.2 Å². The zero-order chi connectivity index (χ0) is 23.3. The molecule has 164 valence electrons. The molecule has 0 saturated heterocycles. The van der Waals surface area contributed by atoms with E-state index in [-0.39, 0.29) is 11.4 Å². The van der Waals surface area contributed by atoms with E-state index in [1.54, 1.807) is 0 Å². The van der Waals surface area contributed by atoms with E-state index in [4.69, 9.17) is 0 Å². The number of carbonyl (C=O) groups excluding carboxylic acids is 2. The van der Waals surface area contributed by atoms with E-state index in [2.05, 4.69) is 37.8 Å². The quantitative estimate of drug-likeness (QED) is 0.403. The molecule has 2 heterocycles. The Morgan fingerprint density at radius 1 is 1.06 bits per heavy atom. The van der Waals surface area contributed by atoms with Gasteiger partial charge in [0.05, 0.1) is 22.2 Å². The molecule has 0 radical (unpaired) electrons. The fraction of sp³-hybridized carbons (Fsp3) is 0.100. The van der Waals surface area contributed by atoms with Gasteiger partial charge in [0.2, 0.25) is 0 Å². The van der Waals surface area contributed by atoms with E-state index in [1.165, 1.54) is 19.3 Å². The second kappa shape index (κ2) is 9.44. The lowest BCUT2D eigenvalue weighted by molar-refractivity contribution is -0.137. The molecule has 3 aromatic rings. The maximum Gasteiger partial charge on any atom is 0.416 e. The van der Waals surface area contributed by atoms with Gasteiger partial charge in [0, 0.05) is 18.8 Å². The Balaban J connectivity index is 1.77. The fourth-order valence-corrected chi connectivity index (χ4v) is 2.98. The molecule has 0 aliphatic rings. The number of alkyl halides is 3. The summed E-state index contributed by atoms with van der Waals surface area (Å²) < 4.78 is 52.6. The van der Waals surface area contributed by atoms with Gasteiger partial charge in [0.15, 0.2) is 5.13 Å². The first-order valence-electron chi connectivity index (χ1n) is 8.76. The number of halogens is 4. The van der Waals surface area contributed by atoms with Crippen molar-refractivity contribution in [1.82, 2.24) is 15.3 Å². The predicted molar refractivity (Wildman–Crippen MR) is 110 cm³/mol. The number of rotatable bonds is 3. The summed E-state index contributed by atoms with van der Waals surface area (Å²) in [7, 11) is 1.45. The van der Waals surface area contributed by atoms with Crippen LogP contribution in [0, 0.1) is 17.7 Å². The van der Waals surface area contributed by atoms with Crippen LogP contribution in [0.3, 0.4) is 0 Å². The standard InChI is InChI=1S/C20H13F4N5O2S/c1-25-18(31)29-19-27-10-13(32-19)4-2-11-3-5-15(21)14(8-11)17(30)28-16-9-12(6-7-26-16)20(22,23)24/h3,5-10H,1H3,(H,26,28,30)(H2,25,27,29,31). The Morgan fingerprint density at radius 2 is 1.84 bits per heavy atom. The first-order chi connectivity index (χ1) is 15.2. The van der Waals surface area contributed by atoms with Crippen LogP contribution in [0.4, 0.5) is 33.3 Å². The molecule has 0 fully saturated rings. The Hall–Kier alpha value is -3.98. The number of nitrogens with zero attached hydrogens (tertiary/aromatic N) is 2. The number of amides is 3. The average molecular weight is 463 g/mol. The van der Waals surface area contributed by atoms with Crippen LogP contribution in [-0.4, -0.2) is 29.0 Å². The highest BCUT2D eigenvalue weighted by molar-refractivity contribution is 7.16. The lowest BCUT2D eigenvalue weighted by atomic mass is 10.1. The number of aromatic nitrogens is 2. The molecule has 0 saturated carbocycles. The molecular formula is C20H13F4N5O2S. The molecular weight excluding hydrogens is 450 g/mol. The van der Waals surface area contributed by atoms with Gasteiger partial charge in [-0.1, -0.05) is 17.3 Å². The SMILES string of the molecule is CNC(=O)Nc1ncc(C#Cc2ccc(F)c(C(=O)Nc3cc(C(F)(F)F)ccn3)c2)s1. The second-order valence-corrected chi connectivity index (χ2v) is 7.09. The maximum absolute atomic E-state index is 14.1. The van der Waals surface area contributed by atoms with E-state index in [0.29, 0.717) is 16.1 Å². The Kier molecular flexibility index (Phi) is 6.70. The van der Waals surface area contributed by atoms with Crippen LogP contribution >= 0.6 is 11.3 Å². The second-order valence-electron chi connectivity index (χ2n) is 6.06. The van der Waals surface area contributed by atoms with Gasteiger partial charge in [-0.05, 0) is 36.3 Å². The van der Waals surface area contributed by atoms with Gasteiger partial charge in [0.25, 0.3) is 5.91 Å². The van der Waals surface area contributed by atoms with Crippen LogP contribution in [0.25, 0.3) is 0 Å². The summed E-state index contributed by atoms with van der Waals surface area (Å²) in [5, 5.41) is 7.33. The van der Waals surface area contributed by atoms with Crippen molar-refractivity contribution in [3.63, 3.8) is 0 Å². The third-order valence-electron chi connectivity index (χ3n) is 3.82. The summed E-state index contributed by atoms with van der Waals surface area (Å²) in [6, 6.07) is 4.48. The molecule has 0 spiro atoms. The van der Waals surface area contributed by atoms with Crippen molar-refractivity contribution in [2.24, 2.45) is 0 Å². The highest BCUT2D eigenvalue weighted by atomic mass is 32.1. The number of hydrogen-bond donors (Lipinski definition) is 3. The smallest absolute Gasteiger partial charge is 0.341 e. The molecule has 3 amide bonds. The summed E-state index contributed by atoms with van der Waals surface area (Å²) in [4.78, 5) is 31.8. The lowest BCUT2D eigenvalue weighted by Crippen LogP contribution is -2.24. The highest BCUT2D eigenvalue weighted by Gasteiger charge is 2.31. The van der Waals surface area contributed by atoms with Crippen LogP contribution in [0.1, 0.15) is 26.4 Å². The molecule has 0 bridgehead atoms. The number of nitrogens with one attached hydrogen (secondary N) is 3. The van der Waals surface area contributed by atoms with Crippen LogP contribution in [-0.2, 0) is 6.18 Å². The number of pyridine rings is 1. The molecule has 0 aliphatic carbocycles. The minimum Gasteiger partial charge on any atom is -0.341 e. The number of anilines is 2. The predicted octanol–water partition coefficient (Wildman–Crippen LogP) is 4.10. The lowest BCUT2D eigenvalue weighted by Gasteiger charge is -2.09. The molecule has 2 aromatic heterocycles. The van der Waals surface area contributed by atoms with Crippen LogP contribution in [0.15, 0.2) is 42.7 Å². The number of benzene rings is 1. The molecule has 3 N–H and O–H groups in total. The van der Waals surface area contributed by atoms with Crippen molar-refractivity contribution in [3.8, 4) is 11.8 Å².